The van der Waals surface area contributed by atoms with Gasteiger partial charge >= 0.3 is 6.18 Å². The summed E-state index contributed by atoms with van der Waals surface area (Å²) >= 11 is 0. The number of carbonyl (C=O) groups excluding carboxylic acids is 1. The van der Waals surface area contributed by atoms with Crippen LogP contribution in [-0.4, -0.2) is 5.78 Å². The summed E-state index contributed by atoms with van der Waals surface area (Å²) in [6.45, 7) is 1.82. The molecule has 1 aliphatic rings. The molecule has 22 heavy (non-hydrogen) atoms. The SMILES string of the molecule is CCc1cc(-c2cccc3c2C(=O)CC3)cc(C(F)(F)F)c1. The van der Waals surface area contributed by atoms with Crippen molar-refractivity contribution in [3.63, 3.8) is 0 Å². The Morgan fingerprint density at radius 2 is 1.86 bits per heavy atom. The molecule has 1 nitrogen and oxygen atoms in total. The minimum absolute atomic E-state index is 0.0149. The van der Waals surface area contributed by atoms with Crippen LogP contribution in [0.2, 0.25) is 0 Å². The molecule has 114 valence electrons. The fraction of sp³-hybridized carbons (Fsp3) is 0.278. The van der Waals surface area contributed by atoms with E-state index < -0.39 is 11.7 Å². The van der Waals surface area contributed by atoms with E-state index in [1.54, 1.807) is 18.2 Å². The molecule has 0 saturated heterocycles. The summed E-state index contributed by atoms with van der Waals surface area (Å²) in [5.74, 6) is 0.0149. The van der Waals surface area contributed by atoms with E-state index >= 15 is 0 Å². The minimum Gasteiger partial charge on any atom is -0.294 e. The Kier molecular flexibility index (Phi) is 3.55. The summed E-state index contributed by atoms with van der Waals surface area (Å²) in [5, 5.41) is 0. The molecule has 0 spiro atoms. The molecule has 4 heteroatoms. The lowest BCUT2D eigenvalue weighted by Gasteiger charge is -2.14. The maximum Gasteiger partial charge on any atom is 0.416 e. The molecule has 3 rings (SSSR count). The lowest BCUT2D eigenvalue weighted by molar-refractivity contribution is -0.137. The van der Waals surface area contributed by atoms with Crippen molar-refractivity contribution in [2.75, 3.05) is 0 Å². The number of hydrogen-bond donors (Lipinski definition) is 0. The normalized spacial score (nSPS) is 14.3. The average Bonchev–Trinajstić information content (AvgIpc) is 2.87. The lowest BCUT2D eigenvalue weighted by Crippen LogP contribution is -2.06. The quantitative estimate of drug-likeness (QED) is 0.757. The van der Waals surface area contributed by atoms with Gasteiger partial charge in [-0.05, 0) is 47.2 Å². The van der Waals surface area contributed by atoms with Crippen molar-refractivity contribution in [1.29, 1.82) is 0 Å². The Labute approximate surface area is 126 Å². The van der Waals surface area contributed by atoms with Gasteiger partial charge in [0.15, 0.2) is 5.78 Å². The molecule has 0 radical (unpaired) electrons. The van der Waals surface area contributed by atoms with E-state index in [-0.39, 0.29) is 5.78 Å². The van der Waals surface area contributed by atoms with Crippen LogP contribution in [0.25, 0.3) is 11.1 Å². The predicted molar refractivity (Wildman–Crippen MR) is 78.9 cm³/mol. The number of Topliss-reactive ketones (excluding diaryl/α,β-unsaturated/α-hetero) is 1. The number of ketones is 1. The Bertz CT molecular complexity index is 744. The smallest absolute Gasteiger partial charge is 0.294 e. The van der Waals surface area contributed by atoms with E-state index in [0.717, 1.165) is 11.6 Å². The third-order valence-electron chi connectivity index (χ3n) is 4.09. The fourth-order valence-electron chi connectivity index (χ4n) is 2.97. The molecule has 1 aliphatic carbocycles. The lowest BCUT2D eigenvalue weighted by atomic mass is 9.93. The van der Waals surface area contributed by atoms with Crippen molar-refractivity contribution in [2.45, 2.75) is 32.4 Å². The average molecular weight is 304 g/mol. The highest BCUT2D eigenvalue weighted by Crippen LogP contribution is 2.37. The monoisotopic (exact) mass is 304 g/mol. The zero-order valence-corrected chi connectivity index (χ0v) is 12.1. The largest absolute Gasteiger partial charge is 0.416 e. The molecule has 2 aromatic carbocycles. The number of hydrogen-bond acceptors (Lipinski definition) is 1. The number of alkyl halides is 3. The van der Waals surface area contributed by atoms with Crippen molar-refractivity contribution in [1.82, 2.24) is 0 Å². The molecule has 0 fully saturated rings. The maximum absolute atomic E-state index is 13.1. The third kappa shape index (κ3) is 2.54. The van der Waals surface area contributed by atoms with Crippen molar-refractivity contribution in [3.05, 3.63) is 58.7 Å². The topological polar surface area (TPSA) is 17.1 Å². The van der Waals surface area contributed by atoms with Gasteiger partial charge < -0.3 is 0 Å². The molecule has 0 atom stereocenters. The fourth-order valence-corrected chi connectivity index (χ4v) is 2.97. The first kappa shape index (κ1) is 14.8. The van der Waals surface area contributed by atoms with Crippen molar-refractivity contribution in [3.8, 4) is 11.1 Å². The molecular weight excluding hydrogens is 289 g/mol. The van der Waals surface area contributed by atoms with Crippen LogP contribution in [0, 0.1) is 0 Å². The van der Waals surface area contributed by atoms with Gasteiger partial charge in [0, 0.05) is 12.0 Å². The summed E-state index contributed by atoms with van der Waals surface area (Å²) in [6, 6.07) is 9.47. The van der Waals surface area contributed by atoms with Gasteiger partial charge in [-0.25, -0.2) is 0 Å². The maximum atomic E-state index is 13.1. The van der Waals surface area contributed by atoms with E-state index in [1.807, 2.05) is 13.0 Å². The predicted octanol–water partition coefficient (Wildman–Crippen LogP) is 5.06. The van der Waals surface area contributed by atoms with E-state index in [9.17, 15) is 18.0 Å². The highest BCUT2D eigenvalue weighted by Gasteiger charge is 2.32. The van der Waals surface area contributed by atoms with Crippen LogP contribution in [-0.2, 0) is 19.0 Å². The van der Waals surface area contributed by atoms with Crippen LogP contribution < -0.4 is 0 Å². The van der Waals surface area contributed by atoms with Gasteiger partial charge in [-0.15, -0.1) is 0 Å². The summed E-state index contributed by atoms with van der Waals surface area (Å²) < 4.78 is 39.3. The summed E-state index contributed by atoms with van der Waals surface area (Å²) in [6.07, 6.45) is -2.77. The number of carbonyl (C=O) groups is 1. The van der Waals surface area contributed by atoms with E-state index in [2.05, 4.69) is 0 Å². The Morgan fingerprint density at radius 3 is 2.55 bits per heavy atom. The van der Waals surface area contributed by atoms with Crippen molar-refractivity contribution < 1.29 is 18.0 Å². The highest BCUT2D eigenvalue weighted by molar-refractivity contribution is 6.06. The first-order valence-corrected chi connectivity index (χ1v) is 7.26. The first-order valence-electron chi connectivity index (χ1n) is 7.26. The van der Waals surface area contributed by atoms with Gasteiger partial charge in [0.25, 0.3) is 0 Å². The minimum atomic E-state index is -4.39. The molecule has 0 amide bonds. The highest BCUT2D eigenvalue weighted by atomic mass is 19.4. The first-order chi connectivity index (χ1) is 10.4. The number of aryl methyl sites for hydroxylation is 2. The molecular formula is C18H15F3O. The second-order valence-electron chi connectivity index (χ2n) is 5.53. The Hall–Kier alpha value is -2.10. The summed E-state index contributed by atoms with van der Waals surface area (Å²) in [4.78, 5) is 12.1. The summed E-state index contributed by atoms with van der Waals surface area (Å²) in [7, 11) is 0. The van der Waals surface area contributed by atoms with E-state index in [0.29, 0.717) is 41.5 Å². The zero-order chi connectivity index (χ0) is 15.9. The zero-order valence-electron chi connectivity index (χ0n) is 12.1. The number of rotatable bonds is 2. The standard InChI is InChI=1S/C18H15F3O/c1-2-11-8-13(10-14(9-11)18(19,20)21)15-5-3-4-12-6-7-16(22)17(12)15/h3-5,8-10H,2,6-7H2,1H3. The van der Waals surface area contributed by atoms with Gasteiger partial charge in [-0.1, -0.05) is 31.2 Å². The molecule has 0 aromatic heterocycles. The second-order valence-corrected chi connectivity index (χ2v) is 5.53. The number of halogens is 3. The molecule has 0 N–H and O–H groups in total. The number of benzene rings is 2. The van der Waals surface area contributed by atoms with E-state index in [1.165, 1.54) is 6.07 Å². The molecule has 0 aliphatic heterocycles. The van der Waals surface area contributed by atoms with Gasteiger partial charge in [0.2, 0.25) is 0 Å². The van der Waals surface area contributed by atoms with Gasteiger partial charge in [-0.2, -0.15) is 13.2 Å². The third-order valence-corrected chi connectivity index (χ3v) is 4.09. The van der Waals surface area contributed by atoms with Crippen LogP contribution in [0.3, 0.4) is 0 Å². The van der Waals surface area contributed by atoms with Crippen molar-refractivity contribution in [2.24, 2.45) is 0 Å². The molecule has 0 saturated carbocycles. The van der Waals surface area contributed by atoms with Gasteiger partial charge in [0.1, 0.15) is 0 Å². The van der Waals surface area contributed by atoms with Crippen LogP contribution in [0.15, 0.2) is 36.4 Å². The van der Waals surface area contributed by atoms with Crippen LogP contribution in [0.1, 0.15) is 40.4 Å². The Balaban J connectivity index is 2.22. The summed E-state index contributed by atoms with van der Waals surface area (Å²) in [5.41, 5.74) is 2.55. The van der Waals surface area contributed by atoms with Gasteiger partial charge in [0.05, 0.1) is 5.56 Å². The van der Waals surface area contributed by atoms with Crippen LogP contribution >= 0.6 is 0 Å². The van der Waals surface area contributed by atoms with Gasteiger partial charge in [-0.3, -0.25) is 4.79 Å². The molecule has 0 bridgehead atoms. The van der Waals surface area contributed by atoms with E-state index in [4.69, 9.17) is 0 Å². The Morgan fingerprint density at radius 1 is 1.09 bits per heavy atom. The van der Waals surface area contributed by atoms with Crippen LogP contribution in [0.5, 0.6) is 0 Å². The number of fused-ring (bicyclic) bond motifs is 1. The van der Waals surface area contributed by atoms with Crippen molar-refractivity contribution >= 4 is 5.78 Å². The molecule has 0 heterocycles. The van der Waals surface area contributed by atoms with Crippen LogP contribution in [0.4, 0.5) is 13.2 Å². The molecule has 2 aromatic rings. The molecule has 0 unspecified atom stereocenters. The second kappa shape index (κ2) is 5.27.